The normalized spacial score (nSPS) is 12.4. The average Bonchev–Trinajstić information content (AvgIpc) is 4.08. The van der Waals surface area contributed by atoms with Gasteiger partial charge in [0.05, 0.1) is 33.1 Å². The van der Waals surface area contributed by atoms with Crippen LogP contribution < -0.4 is 16.4 Å². The lowest BCUT2D eigenvalue weighted by Crippen LogP contribution is -2.59. The molecule has 0 bridgehead atoms. The number of nitrogens with zero attached hydrogens (tertiary/aromatic N) is 3. The zero-order chi connectivity index (χ0) is 52.8. The third kappa shape index (κ3) is 7.85. The van der Waals surface area contributed by atoms with Gasteiger partial charge in [0.15, 0.2) is 0 Å². The summed E-state index contributed by atoms with van der Waals surface area (Å²) in [5.41, 5.74) is 24.1. The third-order valence-corrected chi connectivity index (χ3v) is 16.8. The van der Waals surface area contributed by atoms with Crippen LogP contribution in [0.4, 0.5) is 0 Å². The molecule has 9 aromatic carbocycles. The quantitative estimate of drug-likeness (QED) is 0.108. The summed E-state index contributed by atoms with van der Waals surface area (Å²) in [5, 5.41) is 7.72. The van der Waals surface area contributed by atoms with Crippen LogP contribution in [0.2, 0.25) is 0 Å². The number of fused-ring (bicyclic) bond motifs is 9. The van der Waals surface area contributed by atoms with E-state index in [1.54, 1.807) is 0 Å². The minimum Gasteiger partial charge on any atom is -0.309 e. The molecule has 3 nitrogen and oxygen atoms in total. The summed E-state index contributed by atoms with van der Waals surface area (Å²) < 4.78 is 7.63. The predicted octanol–water partition coefficient (Wildman–Crippen LogP) is 18.2. The van der Waals surface area contributed by atoms with Crippen molar-refractivity contribution in [1.29, 1.82) is 0 Å². The fourth-order valence-electron chi connectivity index (χ4n) is 13.3. The molecule has 0 saturated heterocycles. The molecule has 0 aliphatic heterocycles. The van der Waals surface area contributed by atoms with Crippen molar-refractivity contribution in [2.75, 3.05) is 0 Å². The van der Waals surface area contributed by atoms with E-state index in [1.165, 1.54) is 132 Å². The van der Waals surface area contributed by atoms with Gasteiger partial charge in [-0.2, -0.15) is 0 Å². The fraction of sp³-hybridized carbons (Fsp3) is 0.250. The Morgan fingerprint density at radius 3 is 0.553 bits per heavy atom. The molecule has 4 heteroatoms. The summed E-state index contributed by atoms with van der Waals surface area (Å²) >= 11 is 0. The van der Waals surface area contributed by atoms with Crippen molar-refractivity contribution in [1.82, 2.24) is 13.7 Å². The van der Waals surface area contributed by atoms with E-state index < -0.39 is 0 Å². The molecule has 0 aliphatic carbocycles. The molecule has 0 spiro atoms. The molecular formula is C72H72BN3. The van der Waals surface area contributed by atoms with Gasteiger partial charge in [0.2, 0.25) is 6.71 Å². The van der Waals surface area contributed by atoms with Crippen molar-refractivity contribution in [2.24, 2.45) is 0 Å². The van der Waals surface area contributed by atoms with Crippen LogP contribution >= 0.6 is 0 Å². The number of hydrogen-bond acceptors (Lipinski definition) is 0. The molecule has 0 saturated carbocycles. The van der Waals surface area contributed by atoms with Gasteiger partial charge >= 0.3 is 0 Å². The molecule has 0 unspecified atom stereocenters. The Labute approximate surface area is 450 Å². The van der Waals surface area contributed by atoms with Crippen molar-refractivity contribution in [3.05, 3.63) is 215 Å². The van der Waals surface area contributed by atoms with Crippen molar-refractivity contribution >= 4 is 88.5 Å². The standard InChI is InChI=1S/C72H72BN3/c1-43(2)58-37-49(74-64-31-19-13-25-52(64)53-26-14-20-32-65(53)74)38-59(44(3)4)70(58)73(71-60(45(5)6)39-50(40-61(71)46(7)8)75-66-33-21-15-27-54(66)55-28-16-22-34-67(55)75)72-62(47(9)10)41-51(42-63(72)48(11)12)76-68-35-23-17-29-56(68)57-30-18-24-36-69(57)76/h13-48H,1-12H3. The molecule has 3 aromatic heterocycles. The third-order valence-electron chi connectivity index (χ3n) is 16.8. The number of benzene rings is 9. The first-order valence-corrected chi connectivity index (χ1v) is 28.2. The molecule has 0 N–H and O–H groups in total. The van der Waals surface area contributed by atoms with Gasteiger partial charge in [0, 0.05) is 49.4 Å². The highest BCUT2D eigenvalue weighted by atomic mass is 15.0. The van der Waals surface area contributed by atoms with Crippen molar-refractivity contribution in [2.45, 2.75) is 119 Å². The summed E-state index contributed by atoms with van der Waals surface area (Å²) in [5.74, 6) is 1.37. The molecule has 0 atom stereocenters. The molecule has 0 radical (unpaired) electrons. The minimum atomic E-state index is -0.0778. The Morgan fingerprint density at radius 2 is 0.395 bits per heavy atom. The highest BCUT2D eigenvalue weighted by Gasteiger charge is 2.38. The van der Waals surface area contributed by atoms with Crippen molar-refractivity contribution in [3.63, 3.8) is 0 Å². The molecule has 12 rings (SSSR count). The Kier molecular flexibility index (Phi) is 12.5. The van der Waals surface area contributed by atoms with Gasteiger partial charge in [-0.15, -0.1) is 0 Å². The van der Waals surface area contributed by atoms with E-state index in [0.717, 1.165) is 0 Å². The van der Waals surface area contributed by atoms with Gasteiger partial charge in [0.25, 0.3) is 0 Å². The van der Waals surface area contributed by atoms with E-state index in [-0.39, 0.29) is 42.2 Å². The van der Waals surface area contributed by atoms with Crippen LogP contribution in [0.25, 0.3) is 82.5 Å². The first kappa shape index (κ1) is 49.3. The molecule has 12 aromatic rings. The van der Waals surface area contributed by atoms with Crippen LogP contribution in [-0.4, -0.2) is 20.4 Å². The monoisotopic (exact) mass is 990 g/mol. The van der Waals surface area contributed by atoms with Gasteiger partial charge in [-0.1, -0.05) is 209 Å². The molecule has 0 amide bonds. The Morgan fingerprint density at radius 1 is 0.237 bits per heavy atom. The number of rotatable bonds is 12. The van der Waals surface area contributed by atoms with E-state index in [1.807, 2.05) is 0 Å². The average molecular weight is 990 g/mol. The lowest BCUT2D eigenvalue weighted by Gasteiger charge is -2.35. The van der Waals surface area contributed by atoms with Crippen molar-refractivity contribution in [3.8, 4) is 17.1 Å². The lowest BCUT2D eigenvalue weighted by molar-refractivity contribution is 0.833. The molecule has 3 heterocycles. The number of hydrogen-bond donors (Lipinski definition) is 0. The first-order valence-electron chi connectivity index (χ1n) is 28.2. The first-order chi connectivity index (χ1) is 36.7. The zero-order valence-corrected chi connectivity index (χ0v) is 46.7. The Hall–Kier alpha value is -7.56. The fourth-order valence-corrected chi connectivity index (χ4v) is 13.3. The van der Waals surface area contributed by atoms with Gasteiger partial charge in [-0.05, 0) is 142 Å². The summed E-state index contributed by atoms with van der Waals surface area (Å²) in [4.78, 5) is 0. The molecule has 0 aliphatic rings. The second kappa shape index (κ2) is 19.2. The lowest BCUT2D eigenvalue weighted by atomic mass is 9.31. The highest BCUT2D eigenvalue weighted by molar-refractivity contribution is 6.97. The Balaban J connectivity index is 1.24. The van der Waals surface area contributed by atoms with E-state index in [9.17, 15) is 0 Å². The topological polar surface area (TPSA) is 14.8 Å². The summed E-state index contributed by atoms with van der Waals surface area (Å²) in [7, 11) is 0. The smallest absolute Gasteiger partial charge is 0.243 e. The maximum atomic E-state index is 2.59. The molecule has 0 fully saturated rings. The predicted molar refractivity (Wildman–Crippen MR) is 332 cm³/mol. The van der Waals surface area contributed by atoms with Crippen LogP contribution in [0.1, 0.15) is 152 Å². The summed E-state index contributed by atoms with van der Waals surface area (Å²) in [6.45, 7) is 29.2. The zero-order valence-electron chi connectivity index (χ0n) is 46.7. The maximum absolute atomic E-state index is 2.59. The number of para-hydroxylation sites is 6. The van der Waals surface area contributed by atoms with Gasteiger partial charge in [-0.3, -0.25) is 0 Å². The van der Waals surface area contributed by atoms with Crippen molar-refractivity contribution < 1.29 is 0 Å². The largest absolute Gasteiger partial charge is 0.309 e. The highest BCUT2D eigenvalue weighted by Crippen LogP contribution is 2.39. The van der Waals surface area contributed by atoms with Gasteiger partial charge < -0.3 is 13.7 Å². The number of aromatic nitrogens is 3. The van der Waals surface area contributed by atoms with Crippen LogP contribution in [0.5, 0.6) is 0 Å². The van der Waals surface area contributed by atoms with E-state index in [0.29, 0.717) is 0 Å². The summed E-state index contributed by atoms with van der Waals surface area (Å²) in [6, 6.07) is 69.4. The molecular weight excluding hydrogens is 918 g/mol. The van der Waals surface area contributed by atoms with E-state index >= 15 is 0 Å². The van der Waals surface area contributed by atoms with Gasteiger partial charge in [0.1, 0.15) is 0 Å². The maximum Gasteiger partial charge on any atom is 0.243 e. The van der Waals surface area contributed by atoms with E-state index in [2.05, 4.69) is 279 Å². The second-order valence-corrected chi connectivity index (χ2v) is 23.6. The van der Waals surface area contributed by atoms with Gasteiger partial charge in [-0.25, -0.2) is 0 Å². The van der Waals surface area contributed by atoms with Crippen LogP contribution in [0.3, 0.4) is 0 Å². The Bertz CT molecular complexity index is 3530. The second-order valence-electron chi connectivity index (χ2n) is 23.6. The molecule has 76 heavy (non-hydrogen) atoms. The minimum absolute atomic E-state index is 0.0778. The van der Waals surface area contributed by atoms with Crippen LogP contribution in [-0.2, 0) is 0 Å². The van der Waals surface area contributed by atoms with Crippen LogP contribution in [0.15, 0.2) is 182 Å². The summed E-state index contributed by atoms with van der Waals surface area (Å²) in [6.07, 6.45) is 0. The molecule has 378 valence electrons. The van der Waals surface area contributed by atoms with Crippen LogP contribution in [0, 0.1) is 0 Å². The van der Waals surface area contributed by atoms with E-state index in [4.69, 9.17) is 0 Å². The SMILES string of the molecule is CC(C)c1cc(-n2c3ccccc3c3ccccc32)cc(C(C)C)c1B(c1c(C(C)C)cc(-n2c3ccccc3c3ccccc32)cc1C(C)C)c1c(C(C)C)cc(-n2c3ccccc3c3ccccc32)cc1C(C)C.